The van der Waals surface area contributed by atoms with Crippen LogP contribution in [0.5, 0.6) is 0 Å². The Kier molecular flexibility index (Phi) is 6.30. The smallest absolute Gasteiger partial charge is 0.221 e. The molecular formula is C16H31N3O. The fourth-order valence-corrected chi connectivity index (χ4v) is 3.53. The monoisotopic (exact) mass is 281 g/mol. The number of likely N-dealkylation sites (tertiary alicyclic amines) is 1. The third kappa shape index (κ3) is 5.41. The van der Waals surface area contributed by atoms with E-state index in [1.165, 1.54) is 58.0 Å². The van der Waals surface area contributed by atoms with Crippen LogP contribution in [0.1, 0.15) is 64.2 Å². The normalized spacial score (nSPS) is 24.1. The summed E-state index contributed by atoms with van der Waals surface area (Å²) in [7, 11) is 0. The minimum absolute atomic E-state index is 0.143. The summed E-state index contributed by atoms with van der Waals surface area (Å²) in [5, 5.41) is 3.06. The molecule has 0 aromatic heterocycles. The molecule has 0 unspecified atom stereocenters. The molecule has 3 N–H and O–H groups in total. The Morgan fingerprint density at radius 3 is 2.25 bits per heavy atom. The van der Waals surface area contributed by atoms with E-state index in [1.54, 1.807) is 0 Å². The van der Waals surface area contributed by atoms with Crippen molar-refractivity contribution < 1.29 is 4.79 Å². The Hall–Kier alpha value is -0.610. The summed E-state index contributed by atoms with van der Waals surface area (Å²) in [6.07, 6.45) is 11.5. The highest BCUT2D eigenvalue weighted by Crippen LogP contribution is 2.28. The van der Waals surface area contributed by atoms with Crippen molar-refractivity contribution in [3.8, 4) is 0 Å². The molecule has 20 heavy (non-hydrogen) atoms. The van der Waals surface area contributed by atoms with Crippen LogP contribution in [0.25, 0.3) is 0 Å². The van der Waals surface area contributed by atoms with Crippen molar-refractivity contribution in [1.82, 2.24) is 10.2 Å². The van der Waals surface area contributed by atoms with Crippen molar-refractivity contribution in [2.75, 3.05) is 26.2 Å². The van der Waals surface area contributed by atoms with E-state index in [0.29, 0.717) is 6.42 Å². The molecule has 116 valence electrons. The highest BCUT2D eigenvalue weighted by atomic mass is 16.1. The first-order valence-corrected chi connectivity index (χ1v) is 8.46. The van der Waals surface area contributed by atoms with Crippen LogP contribution < -0.4 is 11.1 Å². The topological polar surface area (TPSA) is 58.4 Å². The summed E-state index contributed by atoms with van der Waals surface area (Å²) in [4.78, 5) is 14.5. The Balaban J connectivity index is 1.61. The standard InChI is InChI=1S/C16H31N3O/c17-16(8-4-3-5-9-16)14-15(20)18-10-13-19-11-6-1-2-7-12-19/h1-14,17H2,(H,18,20). The van der Waals surface area contributed by atoms with Crippen LogP contribution in [0.3, 0.4) is 0 Å². The summed E-state index contributed by atoms with van der Waals surface area (Å²) < 4.78 is 0. The Morgan fingerprint density at radius 1 is 1.00 bits per heavy atom. The quantitative estimate of drug-likeness (QED) is 0.810. The largest absolute Gasteiger partial charge is 0.355 e. The number of rotatable bonds is 5. The van der Waals surface area contributed by atoms with E-state index in [4.69, 9.17) is 5.73 Å². The zero-order valence-electron chi connectivity index (χ0n) is 12.8. The van der Waals surface area contributed by atoms with Crippen LogP contribution in [-0.2, 0) is 4.79 Å². The first-order chi connectivity index (χ1) is 9.68. The van der Waals surface area contributed by atoms with E-state index in [0.717, 1.165) is 25.9 Å². The molecule has 1 amide bonds. The molecule has 0 radical (unpaired) electrons. The summed E-state index contributed by atoms with van der Waals surface area (Å²) in [5.74, 6) is 0.143. The maximum Gasteiger partial charge on any atom is 0.221 e. The van der Waals surface area contributed by atoms with Crippen LogP contribution in [0.15, 0.2) is 0 Å². The fourth-order valence-electron chi connectivity index (χ4n) is 3.53. The number of nitrogens with two attached hydrogens (primary N) is 1. The van der Waals surface area contributed by atoms with Gasteiger partial charge >= 0.3 is 0 Å². The molecule has 1 aliphatic carbocycles. The zero-order chi connectivity index (χ0) is 14.3. The molecule has 0 atom stereocenters. The van der Waals surface area contributed by atoms with Gasteiger partial charge in [0.2, 0.25) is 5.91 Å². The molecule has 0 spiro atoms. The maximum absolute atomic E-state index is 12.0. The molecule has 2 rings (SSSR count). The number of carbonyl (C=O) groups is 1. The van der Waals surface area contributed by atoms with Crippen LogP contribution in [0.2, 0.25) is 0 Å². The minimum atomic E-state index is -0.231. The van der Waals surface area contributed by atoms with Gasteiger partial charge in [-0.1, -0.05) is 32.1 Å². The summed E-state index contributed by atoms with van der Waals surface area (Å²) in [5.41, 5.74) is 6.09. The second kappa shape index (κ2) is 7.99. The molecule has 2 fully saturated rings. The average molecular weight is 281 g/mol. The average Bonchev–Trinajstić information content (AvgIpc) is 2.67. The molecule has 0 bridgehead atoms. The van der Waals surface area contributed by atoms with Gasteiger partial charge in [0, 0.05) is 25.0 Å². The van der Waals surface area contributed by atoms with Crippen molar-refractivity contribution >= 4 is 5.91 Å². The Bertz CT molecular complexity index is 292. The number of amides is 1. The van der Waals surface area contributed by atoms with E-state index >= 15 is 0 Å². The van der Waals surface area contributed by atoms with Crippen molar-refractivity contribution in [1.29, 1.82) is 0 Å². The molecule has 2 aliphatic rings. The van der Waals surface area contributed by atoms with E-state index < -0.39 is 0 Å². The molecule has 1 heterocycles. The van der Waals surface area contributed by atoms with E-state index in [9.17, 15) is 4.79 Å². The minimum Gasteiger partial charge on any atom is -0.355 e. The van der Waals surface area contributed by atoms with E-state index in [2.05, 4.69) is 10.2 Å². The predicted molar refractivity (Wildman–Crippen MR) is 82.5 cm³/mol. The molecule has 0 aromatic rings. The third-order valence-corrected chi connectivity index (χ3v) is 4.81. The van der Waals surface area contributed by atoms with Crippen LogP contribution >= 0.6 is 0 Å². The van der Waals surface area contributed by atoms with Crippen LogP contribution in [0, 0.1) is 0 Å². The highest BCUT2D eigenvalue weighted by Gasteiger charge is 2.29. The van der Waals surface area contributed by atoms with Gasteiger partial charge in [0.25, 0.3) is 0 Å². The molecule has 1 aliphatic heterocycles. The lowest BCUT2D eigenvalue weighted by Gasteiger charge is -2.32. The SMILES string of the molecule is NC1(CC(=O)NCCN2CCCCCC2)CCCCC1. The second-order valence-electron chi connectivity index (χ2n) is 6.71. The Morgan fingerprint density at radius 2 is 1.60 bits per heavy atom. The molecule has 4 nitrogen and oxygen atoms in total. The first-order valence-electron chi connectivity index (χ1n) is 8.46. The van der Waals surface area contributed by atoms with Crippen molar-refractivity contribution in [2.24, 2.45) is 5.73 Å². The van der Waals surface area contributed by atoms with E-state index in [1.807, 2.05) is 0 Å². The van der Waals surface area contributed by atoms with Crippen LogP contribution in [-0.4, -0.2) is 42.5 Å². The fraction of sp³-hybridized carbons (Fsp3) is 0.938. The van der Waals surface area contributed by atoms with Gasteiger partial charge in [-0.15, -0.1) is 0 Å². The van der Waals surface area contributed by atoms with Gasteiger partial charge in [-0.2, -0.15) is 0 Å². The van der Waals surface area contributed by atoms with E-state index in [-0.39, 0.29) is 11.4 Å². The van der Waals surface area contributed by atoms with Gasteiger partial charge in [0.05, 0.1) is 0 Å². The predicted octanol–water partition coefficient (Wildman–Crippen LogP) is 2.03. The number of carbonyl (C=O) groups excluding carboxylic acids is 1. The second-order valence-corrected chi connectivity index (χ2v) is 6.71. The molecule has 1 saturated heterocycles. The highest BCUT2D eigenvalue weighted by molar-refractivity contribution is 5.77. The molecule has 4 heteroatoms. The first kappa shape index (κ1) is 15.8. The third-order valence-electron chi connectivity index (χ3n) is 4.81. The molecule has 1 saturated carbocycles. The van der Waals surface area contributed by atoms with Crippen molar-refractivity contribution in [2.45, 2.75) is 69.7 Å². The van der Waals surface area contributed by atoms with Crippen molar-refractivity contribution in [3.63, 3.8) is 0 Å². The Labute approximate surface area is 123 Å². The lowest BCUT2D eigenvalue weighted by atomic mass is 9.80. The number of nitrogens with one attached hydrogen (secondary N) is 1. The lowest BCUT2D eigenvalue weighted by molar-refractivity contribution is -0.122. The lowest BCUT2D eigenvalue weighted by Crippen LogP contribution is -2.46. The molecular weight excluding hydrogens is 250 g/mol. The number of hydrogen-bond acceptors (Lipinski definition) is 3. The van der Waals surface area contributed by atoms with Gasteiger partial charge in [0.15, 0.2) is 0 Å². The van der Waals surface area contributed by atoms with Gasteiger partial charge in [-0.25, -0.2) is 0 Å². The van der Waals surface area contributed by atoms with Crippen LogP contribution in [0.4, 0.5) is 0 Å². The van der Waals surface area contributed by atoms with Gasteiger partial charge in [-0.05, 0) is 38.8 Å². The maximum atomic E-state index is 12.0. The number of hydrogen-bond donors (Lipinski definition) is 2. The van der Waals surface area contributed by atoms with Gasteiger partial charge in [-0.3, -0.25) is 4.79 Å². The summed E-state index contributed by atoms with van der Waals surface area (Å²) in [6, 6.07) is 0. The summed E-state index contributed by atoms with van der Waals surface area (Å²) in [6.45, 7) is 4.14. The molecule has 0 aromatic carbocycles. The number of nitrogens with zero attached hydrogens (tertiary/aromatic N) is 1. The van der Waals surface area contributed by atoms with Gasteiger partial charge in [0.1, 0.15) is 0 Å². The van der Waals surface area contributed by atoms with Crippen molar-refractivity contribution in [3.05, 3.63) is 0 Å². The van der Waals surface area contributed by atoms with Gasteiger partial charge < -0.3 is 16.0 Å². The summed E-state index contributed by atoms with van der Waals surface area (Å²) >= 11 is 0. The zero-order valence-corrected chi connectivity index (χ0v) is 12.8.